The third kappa shape index (κ3) is 3.34. The number of nitrogens with zero attached hydrogens (tertiary/aromatic N) is 2. The lowest BCUT2D eigenvalue weighted by atomic mass is 10.2. The molecule has 0 atom stereocenters. The fourth-order valence-electron chi connectivity index (χ4n) is 1.71. The SMILES string of the molecule is CN(Cc1cccc(Cl)c1)C(=O)c1ccc([N+](=O)[O-])s1. The molecule has 0 spiro atoms. The van der Waals surface area contributed by atoms with Crippen molar-refractivity contribution in [1.82, 2.24) is 4.90 Å². The Labute approximate surface area is 124 Å². The summed E-state index contributed by atoms with van der Waals surface area (Å²) in [5.41, 5.74) is 0.902. The molecule has 2 aromatic rings. The fourth-order valence-corrected chi connectivity index (χ4v) is 2.74. The standard InChI is InChI=1S/C13H11ClN2O3S/c1-15(8-9-3-2-4-10(14)7-9)13(17)11-5-6-12(20-11)16(18)19/h2-7H,8H2,1H3. The lowest BCUT2D eigenvalue weighted by molar-refractivity contribution is -0.380. The quantitative estimate of drug-likeness (QED) is 0.640. The van der Waals surface area contributed by atoms with E-state index in [2.05, 4.69) is 0 Å². The van der Waals surface area contributed by atoms with Crippen LogP contribution >= 0.6 is 22.9 Å². The maximum absolute atomic E-state index is 12.2. The minimum absolute atomic E-state index is 0.0375. The van der Waals surface area contributed by atoms with Crippen LogP contribution in [-0.4, -0.2) is 22.8 Å². The van der Waals surface area contributed by atoms with Crippen molar-refractivity contribution >= 4 is 33.8 Å². The highest BCUT2D eigenvalue weighted by molar-refractivity contribution is 7.17. The van der Waals surface area contributed by atoms with E-state index in [0.717, 1.165) is 16.9 Å². The van der Waals surface area contributed by atoms with Gasteiger partial charge in [0.25, 0.3) is 5.91 Å². The van der Waals surface area contributed by atoms with E-state index in [0.29, 0.717) is 16.4 Å². The van der Waals surface area contributed by atoms with E-state index in [1.54, 1.807) is 19.2 Å². The van der Waals surface area contributed by atoms with Gasteiger partial charge in [-0.15, -0.1) is 0 Å². The van der Waals surface area contributed by atoms with E-state index in [1.165, 1.54) is 17.0 Å². The summed E-state index contributed by atoms with van der Waals surface area (Å²) in [6.07, 6.45) is 0. The summed E-state index contributed by atoms with van der Waals surface area (Å²) in [6, 6.07) is 10.0. The molecule has 20 heavy (non-hydrogen) atoms. The smallest absolute Gasteiger partial charge is 0.324 e. The van der Waals surface area contributed by atoms with Crippen molar-refractivity contribution in [2.75, 3.05) is 7.05 Å². The number of thiophene rings is 1. The van der Waals surface area contributed by atoms with E-state index in [4.69, 9.17) is 11.6 Å². The number of carbonyl (C=O) groups is 1. The Morgan fingerprint density at radius 3 is 2.75 bits per heavy atom. The summed E-state index contributed by atoms with van der Waals surface area (Å²) >= 11 is 6.76. The van der Waals surface area contributed by atoms with Crippen molar-refractivity contribution in [3.05, 3.63) is 62.0 Å². The first-order chi connectivity index (χ1) is 9.47. The lowest BCUT2D eigenvalue weighted by Crippen LogP contribution is -2.25. The molecule has 1 heterocycles. The fraction of sp³-hybridized carbons (Fsp3) is 0.154. The molecule has 0 aliphatic carbocycles. The van der Waals surface area contributed by atoms with Crippen LogP contribution in [0.4, 0.5) is 5.00 Å². The van der Waals surface area contributed by atoms with Gasteiger partial charge in [0.15, 0.2) is 0 Å². The number of halogens is 1. The molecule has 2 rings (SSSR count). The second-order valence-corrected chi connectivity index (χ2v) is 5.68. The van der Waals surface area contributed by atoms with Crippen LogP contribution < -0.4 is 0 Å². The minimum Gasteiger partial charge on any atom is -0.337 e. The summed E-state index contributed by atoms with van der Waals surface area (Å²) < 4.78 is 0. The topological polar surface area (TPSA) is 63.5 Å². The predicted octanol–water partition coefficient (Wildman–Crippen LogP) is 3.58. The van der Waals surface area contributed by atoms with Crippen LogP contribution in [0.25, 0.3) is 0 Å². The molecule has 0 saturated heterocycles. The molecule has 5 nitrogen and oxygen atoms in total. The van der Waals surface area contributed by atoms with Crippen LogP contribution in [0.3, 0.4) is 0 Å². The third-order valence-corrected chi connectivity index (χ3v) is 3.90. The van der Waals surface area contributed by atoms with Crippen LogP contribution in [0.5, 0.6) is 0 Å². The van der Waals surface area contributed by atoms with Gasteiger partial charge in [-0.1, -0.05) is 35.1 Å². The molecule has 0 fully saturated rings. The van der Waals surface area contributed by atoms with E-state index < -0.39 is 4.92 Å². The molecule has 0 saturated carbocycles. The summed E-state index contributed by atoms with van der Waals surface area (Å²) in [5, 5.41) is 11.2. The highest BCUT2D eigenvalue weighted by Gasteiger charge is 2.18. The van der Waals surface area contributed by atoms with Gasteiger partial charge in [0, 0.05) is 24.7 Å². The molecule has 7 heteroatoms. The van der Waals surface area contributed by atoms with Crippen molar-refractivity contribution in [2.24, 2.45) is 0 Å². The van der Waals surface area contributed by atoms with Gasteiger partial charge in [0.05, 0.1) is 9.80 Å². The average molecular weight is 311 g/mol. The van der Waals surface area contributed by atoms with Crippen molar-refractivity contribution in [3.8, 4) is 0 Å². The normalized spacial score (nSPS) is 10.3. The van der Waals surface area contributed by atoms with E-state index in [1.807, 2.05) is 12.1 Å². The number of hydrogen-bond acceptors (Lipinski definition) is 4. The lowest BCUT2D eigenvalue weighted by Gasteiger charge is -2.16. The summed E-state index contributed by atoms with van der Waals surface area (Å²) in [6.45, 7) is 0.394. The number of nitro groups is 1. The predicted molar refractivity (Wildman–Crippen MR) is 78.2 cm³/mol. The summed E-state index contributed by atoms with van der Waals surface area (Å²) in [5.74, 6) is -0.247. The van der Waals surface area contributed by atoms with Gasteiger partial charge in [0.1, 0.15) is 0 Å². The van der Waals surface area contributed by atoms with Crippen molar-refractivity contribution in [2.45, 2.75) is 6.54 Å². The Bertz CT molecular complexity index is 657. The molecule has 0 N–H and O–H groups in total. The molecule has 0 aliphatic heterocycles. The number of rotatable bonds is 4. The van der Waals surface area contributed by atoms with Crippen LogP contribution in [-0.2, 0) is 6.54 Å². The molecule has 0 bridgehead atoms. The van der Waals surface area contributed by atoms with Crippen LogP contribution in [0.1, 0.15) is 15.2 Å². The zero-order chi connectivity index (χ0) is 14.7. The second kappa shape index (κ2) is 6.02. The molecule has 1 aromatic heterocycles. The van der Waals surface area contributed by atoms with Crippen LogP contribution in [0.15, 0.2) is 36.4 Å². The first-order valence-corrected chi connectivity index (χ1v) is 6.91. The summed E-state index contributed by atoms with van der Waals surface area (Å²) in [4.78, 5) is 24.1. The molecule has 1 aromatic carbocycles. The first-order valence-electron chi connectivity index (χ1n) is 5.71. The Balaban J connectivity index is 2.10. The molecule has 0 radical (unpaired) electrons. The van der Waals surface area contributed by atoms with Crippen molar-refractivity contribution < 1.29 is 9.72 Å². The highest BCUT2D eigenvalue weighted by Crippen LogP contribution is 2.25. The van der Waals surface area contributed by atoms with Crippen molar-refractivity contribution in [3.63, 3.8) is 0 Å². The number of amides is 1. The maximum Gasteiger partial charge on any atom is 0.324 e. The highest BCUT2D eigenvalue weighted by atomic mass is 35.5. The minimum atomic E-state index is -0.502. The zero-order valence-corrected chi connectivity index (χ0v) is 12.1. The Morgan fingerprint density at radius 1 is 1.40 bits per heavy atom. The molecular formula is C13H11ClN2O3S. The van der Waals surface area contributed by atoms with Gasteiger partial charge in [-0.2, -0.15) is 0 Å². The molecule has 104 valence electrons. The molecule has 1 amide bonds. The summed E-state index contributed by atoms with van der Waals surface area (Å²) in [7, 11) is 1.65. The molecular weight excluding hydrogens is 300 g/mol. The van der Waals surface area contributed by atoms with E-state index in [9.17, 15) is 14.9 Å². The Morgan fingerprint density at radius 2 is 2.15 bits per heavy atom. The van der Waals surface area contributed by atoms with Crippen LogP contribution in [0, 0.1) is 10.1 Å². The Hall–Kier alpha value is -1.92. The largest absolute Gasteiger partial charge is 0.337 e. The van der Waals surface area contributed by atoms with Gasteiger partial charge in [-0.25, -0.2) is 0 Å². The van der Waals surface area contributed by atoms with E-state index in [-0.39, 0.29) is 10.9 Å². The second-order valence-electron chi connectivity index (χ2n) is 4.19. The monoisotopic (exact) mass is 310 g/mol. The third-order valence-electron chi connectivity index (χ3n) is 2.64. The van der Waals surface area contributed by atoms with Gasteiger partial charge < -0.3 is 4.90 Å². The number of carbonyl (C=O) groups excluding carboxylic acids is 1. The van der Waals surface area contributed by atoms with Gasteiger partial charge >= 0.3 is 5.00 Å². The van der Waals surface area contributed by atoms with E-state index >= 15 is 0 Å². The molecule has 0 aliphatic rings. The van der Waals surface area contributed by atoms with Gasteiger partial charge in [0.2, 0.25) is 0 Å². The Kier molecular flexibility index (Phi) is 4.36. The zero-order valence-electron chi connectivity index (χ0n) is 10.6. The van der Waals surface area contributed by atoms with Gasteiger partial charge in [-0.05, 0) is 23.8 Å². The number of benzene rings is 1. The maximum atomic E-state index is 12.2. The van der Waals surface area contributed by atoms with Crippen LogP contribution in [0.2, 0.25) is 5.02 Å². The molecule has 0 unspecified atom stereocenters. The average Bonchev–Trinajstić information content (AvgIpc) is 2.87. The van der Waals surface area contributed by atoms with Crippen molar-refractivity contribution in [1.29, 1.82) is 0 Å². The first kappa shape index (κ1) is 14.5. The van der Waals surface area contributed by atoms with Gasteiger partial charge in [-0.3, -0.25) is 14.9 Å². The number of hydrogen-bond donors (Lipinski definition) is 0.